The number of halogens is 1. The zero-order valence-corrected chi connectivity index (χ0v) is 21.2. The number of nitrogens with one attached hydrogen (secondary N) is 3. The van der Waals surface area contributed by atoms with Crippen molar-refractivity contribution in [2.24, 2.45) is 7.05 Å². The lowest BCUT2D eigenvalue weighted by Gasteiger charge is -2.20. The lowest BCUT2D eigenvalue weighted by Crippen LogP contribution is -2.22. The number of anilines is 4. The molecular weight excluding hydrogens is 475 g/mol. The lowest BCUT2D eigenvalue weighted by atomic mass is 10.1. The Morgan fingerprint density at radius 3 is 2.76 bits per heavy atom. The quantitative estimate of drug-likeness (QED) is 0.278. The van der Waals surface area contributed by atoms with Gasteiger partial charge in [-0.1, -0.05) is 12.6 Å². The number of benzene rings is 2. The van der Waals surface area contributed by atoms with Gasteiger partial charge in [-0.2, -0.15) is 5.10 Å². The topological polar surface area (TPSA) is 109 Å². The molecule has 0 unspecified atom stereocenters. The molecule has 4 aromatic rings. The third kappa shape index (κ3) is 5.67. The number of rotatable bonds is 10. The van der Waals surface area contributed by atoms with E-state index in [0.717, 1.165) is 22.5 Å². The minimum atomic E-state index is -0.709. The fraction of sp³-hybridized carbons (Fsp3) is 0.231. The standard InChI is InChI=1S/C26H29FN8O2/c1-6-23(36)33-25-19(28-9-10-34(2)3)12-21(37-5)26(24(25)27)32-22-13-18(29-15-30-22)16-7-8-20-17(11-16)14-31-35(20)4/h6-8,11-15,28H,1,9-10H2,2-5H3,(H,33,36)(H,29,30,32). The number of aryl methyl sites for hydroxylation is 1. The molecule has 11 heteroatoms. The molecule has 4 rings (SSSR count). The maximum Gasteiger partial charge on any atom is 0.247 e. The van der Waals surface area contributed by atoms with E-state index in [2.05, 4.69) is 37.6 Å². The second-order valence-corrected chi connectivity index (χ2v) is 8.57. The second kappa shape index (κ2) is 11.0. The fourth-order valence-corrected chi connectivity index (χ4v) is 3.79. The number of carbonyl (C=O) groups is 1. The van der Waals surface area contributed by atoms with Crippen molar-refractivity contribution in [2.45, 2.75) is 0 Å². The third-order valence-corrected chi connectivity index (χ3v) is 5.72. The number of aromatic nitrogens is 4. The Hall–Kier alpha value is -4.51. The fourth-order valence-electron chi connectivity index (χ4n) is 3.79. The molecule has 0 saturated carbocycles. The van der Waals surface area contributed by atoms with Gasteiger partial charge in [0.05, 0.1) is 30.2 Å². The van der Waals surface area contributed by atoms with E-state index in [4.69, 9.17) is 4.74 Å². The molecule has 0 aliphatic carbocycles. The predicted octanol–water partition coefficient (Wildman–Crippen LogP) is 4.02. The molecule has 0 fully saturated rings. The van der Waals surface area contributed by atoms with E-state index >= 15 is 4.39 Å². The molecule has 0 aliphatic rings. The number of nitrogens with zero attached hydrogens (tertiary/aromatic N) is 5. The van der Waals surface area contributed by atoms with Crippen LogP contribution < -0.4 is 20.7 Å². The predicted molar refractivity (Wildman–Crippen MR) is 144 cm³/mol. The molecule has 37 heavy (non-hydrogen) atoms. The Kier molecular flexibility index (Phi) is 7.63. The molecule has 0 saturated heterocycles. The molecule has 0 aliphatic heterocycles. The van der Waals surface area contributed by atoms with Crippen molar-refractivity contribution in [3.63, 3.8) is 0 Å². The number of carbonyl (C=O) groups excluding carboxylic acids is 1. The number of ether oxygens (including phenoxy) is 1. The average Bonchev–Trinajstić information content (AvgIpc) is 3.27. The molecule has 0 bridgehead atoms. The van der Waals surface area contributed by atoms with Gasteiger partial charge in [0, 0.05) is 43.2 Å². The van der Waals surface area contributed by atoms with E-state index in [1.165, 1.54) is 13.4 Å². The Morgan fingerprint density at radius 1 is 1.22 bits per heavy atom. The molecule has 0 radical (unpaired) electrons. The van der Waals surface area contributed by atoms with Gasteiger partial charge < -0.3 is 25.6 Å². The molecule has 192 valence electrons. The average molecular weight is 505 g/mol. The van der Waals surface area contributed by atoms with Crippen LogP contribution in [0.5, 0.6) is 5.75 Å². The van der Waals surface area contributed by atoms with Crippen molar-refractivity contribution in [3.05, 3.63) is 61.3 Å². The molecule has 1 amide bonds. The Bertz CT molecular complexity index is 1450. The van der Waals surface area contributed by atoms with Crippen molar-refractivity contribution < 1.29 is 13.9 Å². The van der Waals surface area contributed by atoms with E-state index in [1.807, 2.05) is 44.2 Å². The van der Waals surface area contributed by atoms with E-state index in [1.54, 1.807) is 23.0 Å². The van der Waals surface area contributed by atoms with Gasteiger partial charge in [0.1, 0.15) is 29.3 Å². The summed E-state index contributed by atoms with van der Waals surface area (Å²) in [6.45, 7) is 4.69. The normalized spacial score (nSPS) is 11.0. The summed E-state index contributed by atoms with van der Waals surface area (Å²) in [5.41, 5.74) is 2.87. The van der Waals surface area contributed by atoms with Gasteiger partial charge in [0.25, 0.3) is 0 Å². The van der Waals surface area contributed by atoms with E-state index in [9.17, 15) is 4.79 Å². The monoisotopic (exact) mass is 504 g/mol. The number of fused-ring (bicyclic) bond motifs is 1. The first-order valence-electron chi connectivity index (χ1n) is 11.5. The van der Waals surface area contributed by atoms with E-state index in [0.29, 0.717) is 30.3 Å². The van der Waals surface area contributed by atoms with Crippen LogP contribution in [0.3, 0.4) is 0 Å². The molecule has 2 heterocycles. The smallest absolute Gasteiger partial charge is 0.247 e. The molecule has 2 aromatic carbocycles. The highest BCUT2D eigenvalue weighted by atomic mass is 19.1. The first-order valence-corrected chi connectivity index (χ1v) is 11.5. The van der Waals surface area contributed by atoms with Gasteiger partial charge in [-0.3, -0.25) is 9.48 Å². The summed E-state index contributed by atoms with van der Waals surface area (Å²) in [5, 5.41) is 14.0. The molecular formula is C26H29FN8O2. The largest absolute Gasteiger partial charge is 0.494 e. The Balaban J connectivity index is 1.70. The summed E-state index contributed by atoms with van der Waals surface area (Å²) in [7, 11) is 7.19. The van der Waals surface area contributed by atoms with Gasteiger partial charge >= 0.3 is 0 Å². The van der Waals surface area contributed by atoms with Crippen LogP contribution in [0.4, 0.5) is 27.3 Å². The van der Waals surface area contributed by atoms with Gasteiger partial charge in [-0.05, 0) is 32.3 Å². The number of methoxy groups -OCH3 is 1. The van der Waals surface area contributed by atoms with Crippen molar-refractivity contribution in [2.75, 3.05) is 50.2 Å². The number of amides is 1. The zero-order chi connectivity index (χ0) is 26.5. The Labute approximate surface area is 214 Å². The molecule has 0 atom stereocenters. The summed E-state index contributed by atoms with van der Waals surface area (Å²) < 4.78 is 23.1. The van der Waals surface area contributed by atoms with Crippen LogP contribution in [-0.4, -0.2) is 64.9 Å². The Morgan fingerprint density at radius 2 is 2.03 bits per heavy atom. The summed E-state index contributed by atoms with van der Waals surface area (Å²) in [5.74, 6) is -0.666. The van der Waals surface area contributed by atoms with Crippen LogP contribution in [0.2, 0.25) is 0 Å². The van der Waals surface area contributed by atoms with Gasteiger partial charge in [0.2, 0.25) is 5.91 Å². The third-order valence-electron chi connectivity index (χ3n) is 5.72. The van der Waals surface area contributed by atoms with Gasteiger partial charge in [0.15, 0.2) is 5.82 Å². The highest BCUT2D eigenvalue weighted by Crippen LogP contribution is 2.40. The number of hydrogen-bond acceptors (Lipinski definition) is 8. The highest BCUT2D eigenvalue weighted by Gasteiger charge is 2.21. The van der Waals surface area contributed by atoms with Gasteiger partial charge in [-0.25, -0.2) is 14.4 Å². The lowest BCUT2D eigenvalue weighted by molar-refractivity contribution is -0.111. The van der Waals surface area contributed by atoms with Crippen LogP contribution in [0.15, 0.2) is 55.5 Å². The minimum absolute atomic E-state index is 0.0207. The molecule has 3 N–H and O–H groups in total. The van der Waals surface area contributed by atoms with Gasteiger partial charge in [-0.15, -0.1) is 0 Å². The van der Waals surface area contributed by atoms with E-state index in [-0.39, 0.29) is 17.1 Å². The first-order chi connectivity index (χ1) is 17.8. The molecule has 10 nitrogen and oxygen atoms in total. The van der Waals surface area contributed by atoms with Crippen molar-refractivity contribution in [3.8, 4) is 17.0 Å². The summed E-state index contributed by atoms with van der Waals surface area (Å²) in [4.78, 5) is 22.7. The molecule has 0 spiro atoms. The zero-order valence-electron chi connectivity index (χ0n) is 21.2. The number of hydrogen-bond donors (Lipinski definition) is 3. The minimum Gasteiger partial charge on any atom is -0.494 e. The van der Waals surface area contributed by atoms with Crippen LogP contribution in [0, 0.1) is 5.82 Å². The maximum atomic E-state index is 15.9. The van der Waals surface area contributed by atoms with Crippen LogP contribution in [0.25, 0.3) is 22.2 Å². The first kappa shape index (κ1) is 25.6. The highest BCUT2D eigenvalue weighted by molar-refractivity contribution is 6.02. The van der Waals surface area contributed by atoms with Crippen molar-refractivity contribution >= 4 is 39.7 Å². The van der Waals surface area contributed by atoms with Crippen LogP contribution in [-0.2, 0) is 11.8 Å². The summed E-state index contributed by atoms with van der Waals surface area (Å²) >= 11 is 0. The number of likely N-dealkylation sites (N-methyl/N-ethyl adjacent to an activating group) is 1. The van der Waals surface area contributed by atoms with E-state index < -0.39 is 11.7 Å². The van der Waals surface area contributed by atoms with Crippen LogP contribution >= 0.6 is 0 Å². The summed E-state index contributed by atoms with van der Waals surface area (Å²) in [6, 6.07) is 9.22. The SMILES string of the molecule is C=CC(=O)Nc1c(NCCN(C)C)cc(OC)c(Nc2cc(-c3ccc4c(cnn4C)c3)ncn2)c1F. The van der Waals surface area contributed by atoms with Crippen LogP contribution in [0.1, 0.15) is 0 Å². The van der Waals surface area contributed by atoms with Crippen molar-refractivity contribution in [1.82, 2.24) is 24.6 Å². The maximum absolute atomic E-state index is 15.9. The van der Waals surface area contributed by atoms with Crippen molar-refractivity contribution in [1.29, 1.82) is 0 Å². The second-order valence-electron chi connectivity index (χ2n) is 8.57. The summed E-state index contributed by atoms with van der Waals surface area (Å²) in [6.07, 6.45) is 4.26. The molecule has 2 aromatic heterocycles.